The quantitative estimate of drug-likeness (QED) is 0.831. The lowest BCUT2D eigenvalue weighted by Gasteiger charge is -2.18. The SMILES string of the molecule is C/C=C/Cn1cc2c(cc1=O)C(C)(C)CN2C(=O)O. The van der Waals surface area contributed by atoms with Gasteiger partial charge in [0.05, 0.1) is 5.69 Å². The first-order chi connectivity index (χ1) is 8.86. The van der Waals surface area contributed by atoms with Crippen molar-refractivity contribution in [3.05, 3.63) is 40.3 Å². The van der Waals surface area contributed by atoms with Crippen molar-refractivity contribution in [1.29, 1.82) is 0 Å². The molecule has 1 aromatic rings. The van der Waals surface area contributed by atoms with Gasteiger partial charge in [0.15, 0.2) is 0 Å². The first-order valence-corrected chi connectivity index (χ1v) is 6.23. The van der Waals surface area contributed by atoms with Crippen LogP contribution in [-0.4, -0.2) is 22.3 Å². The molecule has 19 heavy (non-hydrogen) atoms. The fourth-order valence-corrected chi connectivity index (χ4v) is 2.42. The molecule has 5 nitrogen and oxygen atoms in total. The summed E-state index contributed by atoms with van der Waals surface area (Å²) >= 11 is 0. The average molecular weight is 262 g/mol. The molecule has 2 heterocycles. The van der Waals surface area contributed by atoms with Crippen molar-refractivity contribution < 1.29 is 9.90 Å². The van der Waals surface area contributed by atoms with Crippen molar-refractivity contribution in [3.8, 4) is 0 Å². The molecule has 0 unspecified atom stereocenters. The molecule has 0 spiro atoms. The van der Waals surface area contributed by atoms with Crippen LogP contribution in [0.1, 0.15) is 26.3 Å². The Morgan fingerprint density at radius 3 is 2.79 bits per heavy atom. The normalized spacial score (nSPS) is 16.9. The molecule has 0 saturated carbocycles. The van der Waals surface area contributed by atoms with E-state index < -0.39 is 6.09 Å². The van der Waals surface area contributed by atoms with Crippen molar-refractivity contribution in [3.63, 3.8) is 0 Å². The van der Waals surface area contributed by atoms with Crippen molar-refractivity contribution >= 4 is 11.8 Å². The van der Waals surface area contributed by atoms with Gasteiger partial charge < -0.3 is 9.67 Å². The van der Waals surface area contributed by atoms with E-state index in [0.29, 0.717) is 18.8 Å². The van der Waals surface area contributed by atoms with Crippen LogP contribution in [0.4, 0.5) is 10.5 Å². The van der Waals surface area contributed by atoms with Gasteiger partial charge in [0.1, 0.15) is 0 Å². The van der Waals surface area contributed by atoms with E-state index >= 15 is 0 Å². The Labute approximate surface area is 111 Å². The van der Waals surface area contributed by atoms with Gasteiger partial charge in [-0.05, 0) is 12.5 Å². The third-order valence-corrected chi connectivity index (χ3v) is 3.45. The predicted octanol–water partition coefficient (Wildman–Crippen LogP) is 2.20. The molecule has 0 bridgehead atoms. The highest BCUT2D eigenvalue weighted by Crippen LogP contribution is 2.39. The lowest BCUT2D eigenvalue weighted by molar-refractivity contribution is 0.201. The summed E-state index contributed by atoms with van der Waals surface area (Å²) in [4.78, 5) is 24.6. The molecule has 0 aromatic carbocycles. The minimum atomic E-state index is -0.983. The molecule has 0 aliphatic carbocycles. The fraction of sp³-hybridized carbons (Fsp3) is 0.429. The summed E-state index contributed by atoms with van der Waals surface area (Å²) in [6.07, 6.45) is 4.38. The number of aromatic nitrogens is 1. The number of anilines is 1. The number of nitrogens with zero attached hydrogens (tertiary/aromatic N) is 2. The van der Waals surface area contributed by atoms with Crippen LogP contribution < -0.4 is 10.5 Å². The van der Waals surface area contributed by atoms with E-state index in [1.165, 1.54) is 9.47 Å². The maximum atomic E-state index is 12.0. The van der Waals surface area contributed by atoms with E-state index in [2.05, 4.69) is 0 Å². The van der Waals surface area contributed by atoms with Gasteiger partial charge >= 0.3 is 6.09 Å². The van der Waals surface area contributed by atoms with Crippen molar-refractivity contribution in [2.24, 2.45) is 0 Å². The first kappa shape index (κ1) is 13.4. The van der Waals surface area contributed by atoms with E-state index in [1.54, 1.807) is 12.3 Å². The average Bonchev–Trinajstić information content (AvgIpc) is 2.59. The highest BCUT2D eigenvalue weighted by Gasteiger charge is 2.38. The second-order valence-corrected chi connectivity index (χ2v) is 5.38. The summed E-state index contributed by atoms with van der Waals surface area (Å²) in [6, 6.07) is 1.56. The number of pyridine rings is 1. The molecule has 1 aromatic heterocycles. The molecule has 0 radical (unpaired) electrons. The summed E-state index contributed by atoms with van der Waals surface area (Å²) in [6.45, 7) is 6.61. The topological polar surface area (TPSA) is 62.5 Å². The molecular weight excluding hydrogens is 244 g/mol. The van der Waals surface area contributed by atoms with Gasteiger partial charge in [0, 0.05) is 30.8 Å². The maximum Gasteiger partial charge on any atom is 0.411 e. The molecule has 102 valence electrons. The van der Waals surface area contributed by atoms with E-state index in [9.17, 15) is 14.7 Å². The van der Waals surface area contributed by atoms with Gasteiger partial charge in [-0.15, -0.1) is 0 Å². The fourth-order valence-electron chi connectivity index (χ4n) is 2.42. The van der Waals surface area contributed by atoms with E-state index in [1.807, 2.05) is 32.9 Å². The van der Waals surface area contributed by atoms with Gasteiger partial charge in [-0.3, -0.25) is 9.69 Å². The Bertz CT molecular complexity index is 599. The molecule has 1 amide bonds. The highest BCUT2D eigenvalue weighted by atomic mass is 16.4. The summed E-state index contributed by atoms with van der Waals surface area (Å²) in [5, 5.41) is 9.25. The zero-order chi connectivity index (χ0) is 14.2. The van der Waals surface area contributed by atoms with Crippen LogP contribution in [0.5, 0.6) is 0 Å². The van der Waals surface area contributed by atoms with Crippen molar-refractivity contribution in [2.45, 2.75) is 32.7 Å². The predicted molar refractivity (Wildman–Crippen MR) is 73.9 cm³/mol. The van der Waals surface area contributed by atoms with Crippen LogP contribution in [0.3, 0.4) is 0 Å². The van der Waals surface area contributed by atoms with Crippen LogP contribution in [0, 0.1) is 0 Å². The number of hydrogen-bond donors (Lipinski definition) is 1. The third kappa shape index (κ3) is 2.28. The van der Waals surface area contributed by atoms with Crippen molar-refractivity contribution in [1.82, 2.24) is 4.57 Å². The van der Waals surface area contributed by atoms with Gasteiger partial charge in [-0.1, -0.05) is 26.0 Å². The summed E-state index contributed by atoms with van der Waals surface area (Å²) < 4.78 is 1.52. The number of rotatable bonds is 2. The smallest absolute Gasteiger partial charge is 0.411 e. The lowest BCUT2D eigenvalue weighted by Crippen LogP contribution is -2.32. The van der Waals surface area contributed by atoms with Gasteiger partial charge in [0.25, 0.3) is 5.56 Å². The van der Waals surface area contributed by atoms with Crippen LogP contribution >= 0.6 is 0 Å². The molecule has 0 saturated heterocycles. The summed E-state index contributed by atoms with van der Waals surface area (Å²) in [7, 11) is 0. The zero-order valence-corrected chi connectivity index (χ0v) is 11.4. The Hall–Kier alpha value is -2.04. The number of allylic oxidation sites excluding steroid dienone is 2. The monoisotopic (exact) mass is 262 g/mol. The number of carbonyl (C=O) groups is 1. The van der Waals surface area contributed by atoms with E-state index in [4.69, 9.17) is 0 Å². The Balaban J connectivity index is 2.56. The van der Waals surface area contributed by atoms with Crippen molar-refractivity contribution in [2.75, 3.05) is 11.4 Å². The minimum absolute atomic E-state index is 0.0998. The molecule has 0 fully saturated rings. The van der Waals surface area contributed by atoms with Crippen LogP contribution in [0.25, 0.3) is 0 Å². The molecule has 5 heteroatoms. The molecule has 2 rings (SSSR count). The van der Waals surface area contributed by atoms with Gasteiger partial charge in [-0.2, -0.15) is 0 Å². The van der Waals surface area contributed by atoms with Crippen LogP contribution in [0.2, 0.25) is 0 Å². The number of amides is 1. The maximum absolute atomic E-state index is 12.0. The zero-order valence-electron chi connectivity index (χ0n) is 11.4. The summed E-state index contributed by atoms with van der Waals surface area (Å²) in [5.74, 6) is 0. The number of hydrogen-bond acceptors (Lipinski definition) is 2. The highest BCUT2D eigenvalue weighted by molar-refractivity contribution is 5.89. The first-order valence-electron chi connectivity index (χ1n) is 6.23. The van der Waals surface area contributed by atoms with Gasteiger partial charge in [-0.25, -0.2) is 4.79 Å². The number of carboxylic acid groups (broad SMARTS) is 1. The molecule has 0 atom stereocenters. The number of fused-ring (bicyclic) bond motifs is 1. The second-order valence-electron chi connectivity index (χ2n) is 5.38. The summed E-state index contributed by atoms with van der Waals surface area (Å²) in [5.41, 5.74) is 0.988. The third-order valence-electron chi connectivity index (χ3n) is 3.45. The molecular formula is C14H18N2O3. The minimum Gasteiger partial charge on any atom is -0.465 e. The molecule has 1 aliphatic rings. The van der Waals surface area contributed by atoms with Crippen LogP contribution in [-0.2, 0) is 12.0 Å². The van der Waals surface area contributed by atoms with Crippen LogP contribution in [0.15, 0.2) is 29.2 Å². The largest absolute Gasteiger partial charge is 0.465 e. The van der Waals surface area contributed by atoms with Gasteiger partial charge in [0.2, 0.25) is 0 Å². The second kappa shape index (κ2) is 4.57. The Morgan fingerprint density at radius 1 is 1.53 bits per heavy atom. The Kier molecular flexibility index (Phi) is 3.22. The Morgan fingerprint density at radius 2 is 2.21 bits per heavy atom. The lowest BCUT2D eigenvalue weighted by atomic mass is 9.87. The standard InChI is InChI=1S/C14H18N2O3/c1-4-5-6-15-8-11-10(7-12(15)17)14(2,3)9-16(11)13(18)19/h4-5,7-8H,6,9H2,1-3H3,(H,18,19)/b5-4+. The van der Waals surface area contributed by atoms with E-state index in [-0.39, 0.29) is 11.0 Å². The molecule has 1 aliphatic heterocycles. The molecule has 1 N–H and O–H groups in total. The van der Waals surface area contributed by atoms with E-state index in [0.717, 1.165) is 5.56 Å².